The lowest BCUT2D eigenvalue weighted by Gasteiger charge is -1.88. The maximum atomic E-state index is 2.16. The third kappa shape index (κ3) is 2.05. The van der Waals surface area contributed by atoms with Gasteiger partial charge in [0.1, 0.15) is 0 Å². The van der Waals surface area contributed by atoms with Crippen molar-refractivity contribution in [1.82, 2.24) is 0 Å². The van der Waals surface area contributed by atoms with Crippen LogP contribution >= 0.6 is 11.3 Å². The van der Waals surface area contributed by atoms with Crippen molar-refractivity contribution < 1.29 is 0 Å². The zero-order valence-corrected chi connectivity index (χ0v) is 7.69. The fraction of sp³-hybridized carbons (Fsp3) is 0.200. The van der Waals surface area contributed by atoms with Crippen LogP contribution in [0.5, 0.6) is 0 Å². The highest BCUT2D eigenvalue weighted by molar-refractivity contribution is 7.08. The molecule has 0 aromatic carbocycles. The van der Waals surface area contributed by atoms with E-state index in [0.717, 1.165) is 0 Å². The first-order valence-corrected chi connectivity index (χ1v) is 4.64. The summed E-state index contributed by atoms with van der Waals surface area (Å²) in [5.41, 5.74) is 2.63. The Morgan fingerprint density at radius 2 is 1.45 bits per heavy atom. The van der Waals surface area contributed by atoms with Crippen molar-refractivity contribution in [3.63, 3.8) is 0 Å². The molecule has 0 radical (unpaired) electrons. The Morgan fingerprint density at radius 3 is 1.82 bits per heavy atom. The maximum absolute atomic E-state index is 2.16. The number of allylic oxidation sites excluding steroid dienone is 2. The van der Waals surface area contributed by atoms with Crippen LogP contribution in [0.15, 0.2) is 22.9 Å². The smallest absolute Gasteiger partial charge is 0.00146 e. The Balaban J connectivity index is 2.95. The molecule has 0 unspecified atom stereocenters. The Labute approximate surface area is 71.9 Å². The lowest BCUT2D eigenvalue weighted by molar-refractivity contribution is 1.70. The maximum Gasteiger partial charge on any atom is -0.00146 e. The molecule has 0 nitrogen and oxygen atoms in total. The molecule has 1 aromatic rings. The number of hydrogen-bond acceptors (Lipinski definition) is 1. The van der Waals surface area contributed by atoms with Crippen molar-refractivity contribution in [2.24, 2.45) is 0 Å². The van der Waals surface area contributed by atoms with Crippen LogP contribution in [0.1, 0.15) is 25.0 Å². The molecular formula is C10H12S. The first kappa shape index (κ1) is 8.28. The third-order valence-corrected chi connectivity index (χ3v) is 2.20. The van der Waals surface area contributed by atoms with Crippen LogP contribution in [0.4, 0.5) is 0 Å². The summed E-state index contributed by atoms with van der Waals surface area (Å²) in [5, 5.41) is 4.32. The summed E-state index contributed by atoms with van der Waals surface area (Å²) in [4.78, 5) is 0. The Morgan fingerprint density at radius 1 is 1.00 bits per heavy atom. The van der Waals surface area contributed by atoms with E-state index in [1.807, 2.05) is 13.8 Å². The van der Waals surface area contributed by atoms with Crippen LogP contribution in [0, 0.1) is 0 Å². The molecule has 1 heterocycles. The molecular weight excluding hydrogens is 152 g/mol. The van der Waals surface area contributed by atoms with E-state index in [9.17, 15) is 0 Å². The first-order chi connectivity index (χ1) is 5.38. The van der Waals surface area contributed by atoms with Gasteiger partial charge in [0, 0.05) is 0 Å². The van der Waals surface area contributed by atoms with Gasteiger partial charge < -0.3 is 0 Å². The molecule has 0 aliphatic carbocycles. The van der Waals surface area contributed by atoms with Gasteiger partial charge in [0.15, 0.2) is 0 Å². The molecule has 1 heteroatoms. The van der Waals surface area contributed by atoms with Gasteiger partial charge in [0.05, 0.1) is 0 Å². The second-order valence-electron chi connectivity index (χ2n) is 2.28. The molecule has 58 valence electrons. The highest BCUT2D eigenvalue weighted by Crippen LogP contribution is 2.17. The van der Waals surface area contributed by atoms with Gasteiger partial charge in [0.2, 0.25) is 0 Å². The summed E-state index contributed by atoms with van der Waals surface area (Å²) in [6.07, 6.45) is 8.39. The molecule has 0 atom stereocenters. The zero-order chi connectivity index (χ0) is 8.10. The van der Waals surface area contributed by atoms with E-state index >= 15 is 0 Å². The minimum Gasteiger partial charge on any atom is -0.151 e. The summed E-state index contributed by atoms with van der Waals surface area (Å²) in [6.45, 7) is 4.08. The van der Waals surface area contributed by atoms with Gasteiger partial charge in [-0.2, -0.15) is 11.3 Å². The van der Waals surface area contributed by atoms with Crippen LogP contribution in [0.25, 0.3) is 12.2 Å². The van der Waals surface area contributed by atoms with Crippen LogP contribution < -0.4 is 0 Å². The second-order valence-corrected chi connectivity index (χ2v) is 3.03. The predicted octanol–water partition coefficient (Wildman–Crippen LogP) is 3.81. The van der Waals surface area contributed by atoms with Gasteiger partial charge in [0.25, 0.3) is 0 Å². The molecule has 0 spiro atoms. The lowest BCUT2D eigenvalue weighted by atomic mass is 10.2. The Hall–Kier alpha value is -0.820. The zero-order valence-electron chi connectivity index (χ0n) is 6.87. The van der Waals surface area contributed by atoms with Crippen molar-refractivity contribution in [2.75, 3.05) is 0 Å². The quantitative estimate of drug-likeness (QED) is 0.623. The van der Waals surface area contributed by atoms with Gasteiger partial charge >= 0.3 is 0 Å². The molecule has 0 saturated carbocycles. The summed E-state index contributed by atoms with van der Waals surface area (Å²) in [6, 6.07) is 0. The first-order valence-electron chi connectivity index (χ1n) is 3.70. The van der Waals surface area contributed by atoms with Crippen molar-refractivity contribution in [1.29, 1.82) is 0 Å². The van der Waals surface area contributed by atoms with Gasteiger partial charge in [-0.3, -0.25) is 0 Å². The van der Waals surface area contributed by atoms with E-state index in [1.54, 1.807) is 11.3 Å². The molecule has 0 N–H and O–H groups in total. The third-order valence-electron chi connectivity index (χ3n) is 1.42. The Bertz CT molecular complexity index is 240. The molecule has 1 aromatic heterocycles. The van der Waals surface area contributed by atoms with Gasteiger partial charge in [-0.25, -0.2) is 0 Å². The lowest BCUT2D eigenvalue weighted by Crippen LogP contribution is -1.68. The monoisotopic (exact) mass is 164 g/mol. The number of hydrogen-bond donors (Lipinski definition) is 0. The molecule has 0 fully saturated rings. The SMILES string of the molecule is C/C=C\c1cscc1/C=C\C. The summed E-state index contributed by atoms with van der Waals surface area (Å²) < 4.78 is 0. The fourth-order valence-electron chi connectivity index (χ4n) is 0.947. The Kier molecular flexibility index (Phi) is 3.12. The standard InChI is InChI=1S/C10H12S/c1-3-5-9-7-11-8-10(9)6-4-2/h3-8H,1-2H3/b5-3-,6-4-. The average molecular weight is 164 g/mol. The normalized spacial score (nSPS) is 11.8. The van der Waals surface area contributed by atoms with E-state index < -0.39 is 0 Å². The van der Waals surface area contributed by atoms with Crippen LogP contribution in [-0.2, 0) is 0 Å². The van der Waals surface area contributed by atoms with Crippen molar-refractivity contribution >= 4 is 23.5 Å². The van der Waals surface area contributed by atoms with Crippen molar-refractivity contribution in [3.05, 3.63) is 34.0 Å². The van der Waals surface area contributed by atoms with E-state index in [0.29, 0.717) is 0 Å². The molecule has 0 amide bonds. The molecule has 1 rings (SSSR count). The topological polar surface area (TPSA) is 0 Å². The second kappa shape index (κ2) is 4.14. The fourth-order valence-corrected chi connectivity index (χ4v) is 1.74. The van der Waals surface area contributed by atoms with E-state index in [-0.39, 0.29) is 0 Å². The highest BCUT2D eigenvalue weighted by atomic mass is 32.1. The van der Waals surface area contributed by atoms with E-state index in [1.165, 1.54) is 11.1 Å². The van der Waals surface area contributed by atoms with E-state index in [2.05, 4.69) is 35.1 Å². The van der Waals surface area contributed by atoms with Gasteiger partial charge in [-0.05, 0) is 35.7 Å². The summed E-state index contributed by atoms with van der Waals surface area (Å²) in [5.74, 6) is 0. The van der Waals surface area contributed by atoms with Crippen LogP contribution in [-0.4, -0.2) is 0 Å². The molecule has 0 bridgehead atoms. The molecule has 0 saturated heterocycles. The highest BCUT2D eigenvalue weighted by Gasteiger charge is 1.93. The van der Waals surface area contributed by atoms with Crippen molar-refractivity contribution in [3.8, 4) is 0 Å². The largest absolute Gasteiger partial charge is 0.151 e. The minimum absolute atomic E-state index is 1.32. The summed E-state index contributed by atoms with van der Waals surface area (Å²) >= 11 is 1.74. The number of rotatable bonds is 2. The summed E-state index contributed by atoms with van der Waals surface area (Å²) in [7, 11) is 0. The number of thiophene rings is 1. The van der Waals surface area contributed by atoms with E-state index in [4.69, 9.17) is 0 Å². The molecule has 0 aliphatic rings. The average Bonchev–Trinajstić information content (AvgIpc) is 2.39. The molecule has 0 aliphatic heterocycles. The minimum atomic E-state index is 1.32. The van der Waals surface area contributed by atoms with Crippen LogP contribution in [0.3, 0.4) is 0 Å². The molecule has 11 heavy (non-hydrogen) atoms. The predicted molar refractivity (Wildman–Crippen MR) is 53.7 cm³/mol. The van der Waals surface area contributed by atoms with Crippen LogP contribution in [0.2, 0.25) is 0 Å². The van der Waals surface area contributed by atoms with Gasteiger partial charge in [-0.1, -0.05) is 24.3 Å². The van der Waals surface area contributed by atoms with Crippen molar-refractivity contribution in [2.45, 2.75) is 13.8 Å². The van der Waals surface area contributed by atoms with Gasteiger partial charge in [-0.15, -0.1) is 0 Å².